The molecule has 3 rings (SSSR count). The molecule has 2 amide bonds. The third kappa shape index (κ3) is 4.60. The first-order chi connectivity index (χ1) is 12.0. The van der Waals surface area contributed by atoms with E-state index in [0.29, 0.717) is 32.5 Å². The average Bonchev–Trinajstić information content (AvgIpc) is 2.95. The Bertz CT molecular complexity index is 611. The number of aliphatic hydroxyl groups excluding tert-OH is 1. The highest BCUT2D eigenvalue weighted by Gasteiger charge is 2.32. The molecule has 0 radical (unpaired) electrons. The van der Waals surface area contributed by atoms with Gasteiger partial charge in [-0.15, -0.1) is 0 Å². The van der Waals surface area contributed by atoms with Gasteiger partial charge < -0.3 is 15.3 Å². The number of hydrogen-bond donors (Lipinski definition) is 2. The Morgan fingerprint density at radius 1 is 1.16 bits per heavy atom. The zero-order chi connectivity index (χ0) is 17.9. The molecule has 5 heteroatoms. The van der Waals surface area contributed by atoms with Crippen molar-refractivity contribution in [1.29, 1.82) is 0 Å². The monoisotopic (exact) mass is 344 g/mol. The summed E-state index contributed by atoms with van der Waals surface area (Å²) in [6, 6.07) is 8.45. The second kappa shape index (κ2) is 7.56. The Morgan fingerprint density at radius 3 is 2.36 bits per heavy atom. The molecule has 1 heterocycles. The number of nitrogens with zero attached hydrogens (tertiary/aromatic N) is 1. The molecule has 2 aliphatic rings. The van der Waals surface area contributed by atoms with Crippen LogP contribution >= 0.6 is 0 Å². The molecule has 1 aromatic rings. The molecule has 25 heavy (non-hydrogen) atoms. The molecular formula is C20H28N2O3. The summed E-state index contributed by atoms with van der Waals surface area (Å²) in [5.74, 6) is -0.0379. The minimum Gasteiger partial charge on any atom is -0.393 e. The number of hydrogen-bond acceptors (Lipinski definition) is 3. The van der Waals surface area contributed by atoms with E-state index in [4.69, 9.17) is 0 Å². The van der Waals surface area contributed by atoms with Crippen molar-refractivity contribution < 1.29 is 14.7 Å². The van der Waals surface area contributed by atoms with Gasteiger partial charge in [-0.1, -0.05) is 31.2 Å². The van der Waals surface area contributed by atoms with Crippen LogP contribution < -0.4 is 5.32 Å². The molecule has 0 spiro atoms. The van der Waals surface area contributed by atoms with Crippen molar-refractivity contribution in [3.05, 3.63) is 35.4 Å². The van der Waals surface area contributed by atoms with Gasteiger partial charge in [-0.05, 0) is 42.2 Å². The van der Waals surface area contributed by atoms with Crippen LogP contribution in [0, 0.1) is 5.41 Å². The van der Waals surface area contributed by atoms with Gasteiger partial charge in [0.25, 0.3) is 0 Å². The number of aliphatic hydroxyl groups is 1. The van der Waals surface area contributed by atoms with Gasteiger partial charge in [0.05, 0.1) is 6.10 Å². The first kappa shape index (κ1) is 17.9. The van der Waals surface area contributed by atoms with E-state index in [0.717, 1.165) is 12.8 Å². The summed E-state index contributed by atoms with van der Waals surface area (Å²) < 4.78 is 0. The van der Waals surface area contributed by atoms with Crippen molar-refractivity contribution in [3.8, 4) is 0 Å². The molecule has 5 nitrogen and oxygen atoms in total. The first-order valence-electron chi connectivity index (χ1n) is 9.24. The zero-order valence-electron chi connectivity index (χ0n) is 15.0. The van der Waals surface area contributed by atoms with E-state index in [9.17, 15) is 14.7 Å². The minimum absolute atomic E-state index is 0.0153. The highest BCUT2D eigenvalue weighted by Crippen LogP contribution is 2.35. The van der Waals surface area contributed by atoms with Crippen molar-refractivity contribution in [2.24, 2.45) is 5.41 Å². The van der Waals surface area contributed by atoms with E-state index in [2.05, 4.69) is 36.5 Å². The number of benzene rings is 1. The summed E-state index contributed by atoms with van der Waals surface area (Å²) in [4.78, 5) is 26.0. The fraction of sp³-hybridized carbons (Fsp3) is 0.600. The van der Waals surface area contributed by atoms with Crippen molar-refractivity contribution in [3.63, 3.8) is 0 Å². The Hall–Kier alpha value is -1.88. The number of carbonyl (C=O) groups excluding carboxylic acids is 2. The molecular weight excluding hydrogens is 316 g/mol. The lowest BCUT2D eigenvalue weighted by atomic mass is 9.87. The molecule has 136 valence electrons. The number of piperidine rings is 1. The number of likely N-dealkylation sites (tertiary alicyclic amines) is 1. The Balaban J connectivity index is 1.39. The average molecular weight is 344 g/mol. The molecule has 0 atom stereocenters. The molecule has 1 aliphatic heterocycles. The number of rotatable bonds is 5. The van der Waals surface area contributed by atoms with E-state index in [1.54, 1.807) is 4.90 Å². The SMILES string of the molecule is CC1(CNC(=O)CCC(=O)N2CCC(O)CC2)Cc2ccccc2C1. The molecule has 1 aromatic carbocycles. The van der Waals surface area contributed by atoms with Gasteiger partial charge in [-0.2, -0.15) is 0 Å². The maximum atomic E-state index is 12.1. The van der Waals surface area contributed by atoms with Crippen molar-refractivity contribution >= 4 is 11.8 Å². The molecule has 1 fully saturated rings. The molecule has 2 N–H and O–H groups in total. The molecule has 0 unspecified atom stereocenters. The minimum atomic E-state index is -0.288. The fourth-order valence-electron chi connectivity index (χ4n) is 3.90. The van der Waals surface area contributed by atoms with Gasteiger partial charge in [0.2, 0.25) is 11.8 Å². The van der Waals surface area contributed by atoms with Gasteiger partial charge in [0.1, 0.15) is 0 Å². The number of fused-ring (bicyclic) bond motifs is 1. The summed E-state index contributed by atoms with van der Waals surface area (Å²) in [5, 5.41) is 12.5. The van der Waals surface area contributed by atoms with Crippen LogP contribution in [0.2, 0.25) is 0 Å². The predicted molar refractivity (Wildman–Crippen MR) is 96.0 cm³/mol. The second-order valence-electron chi connectivity index (χ2n) is 7.82. The smallest absolute Gasteiger partial charge is 0.223 e. The molecule has 0 bridgehead atoms. The van der Waals surface area contributed by atoms with E-state index in [1.807, 2.05) is 0 Å². The van der Waals surface area contributed by atoms with Gasteiger partial charge in [-0.25, -0.2) is 0 Å². The third-order valence-electron chi connectivity index (χ3n) is 5.45. The van der Waals surface area contributed by atoms with Crippen LogP contribution in [0.3, 0.4) is 0 Å². The van der Waals surface area contributed by atoms with Crippen LogP contribution in [0.5, 0.6) is 0 Å². The van der Waals surface area contributed by atoms with E-state index >= 15 is 0 Å². The zero-order valence-corrected chi connectivity index (χ0v) is 15.0. The van der Waals surface area contributed by atoms with Crippen molar-refractivity contribution in [2.75, 3.05) is 19.6 Å². The topological polar surface area (TPSA) is 69.6 Å². The standard InChI is InChI=1S/C20H28N2O3/c1-20(12-15-4-2-3-5-16(15)13-20)14-21-18(24)6-7-19(25)22-10-8-17(23)9-11-22/h2-5,17,23H,6-14H2,1H3,(H,21,24). The molecule has 1 aliphatic carbocycles. The lowest BCUT2D eigenvalue weighted by Crippen LogP contribution is -2.41. The van der Waals surface area contributed by atoms with Crippen LogP contribution in [0.1, 0.15) is 43.7 Å². The molecule has 0 saturated carbocycles. The summed E-state index contributed by atoms with van der Waals surface area (Å²) in [6.07, 6.45) is 3.44. The highest BCUT2D eigenvalue weighted by atomic mass is 16.3. The summed E-state index contributed by atoms with van der Waals surface area (Å²) >= 11 is 0. The lowest BCUT2D eigenvalue weighted by molar-refractivity contribution is -0.135. The number of nitrogens with one attached hydrogen (secondary N) is 1. The van der Waals surface area contributed by atoms with Crippen LogP contribution in [0.25, 0.3) is 0 Å². The number of carbonyl (C=O) groups is 2. The molecule has 0 aromatic heterocycles. The van der Waals surface area contributed by atoms with Crippen molar-refractivity contribution in [2.45, 2.75) is 51.6 Å². The van der Waals surface area contributed by atoms with Gasteiger partial charge >= 0.3 is 0 Å². The van der Waals surface area contributed by atoms with Gasteiger partial charge in [0.15, 0.2) is 0 Å². The van der Waals surface area contributed by atoms with Gasteiger partial charge in [-0.3, -0.25) is 9.59 Å². The van der Waals surface area contributed by atoms with E-state index in [-0.39, 0.29) is 36.2 Å². The second-order valence-corrected chi connectivity index (χ2v) is 7.82. The molecule has 1 saturated heterocycles. The van der Waals surface area contributed by atoms with E-state index < -0.39 is 0 Å². The fourth-order valence-corrected chi connectivity index (χ4v) is 3.90. The predicted octanol–water partition coefficient (Wildman–Crippen LogP) is 1.67. The van der Waals surface area contributed by atoms with Crippen molar-refractivity contribution in [1.82, 2.24) is 10.2 Å². The maximum Gasteiger partial charge on any atom is 0.223 e. The summed E-state index contributed by atoms with van der Waals surface area (Å²) in [7, 11) is 0. The maximum absolute atomic E-state index is 12.1. The lowest BCUT2D eigenvalue weighted by Gasteiger charge is -2.29. The van der Waals surface area contributed by atoms with Crippen LogP contribution in [-0.4, -0.2) is 47.6 Å². The van der Waals surface area contributed by atoms with Crippen LogP contribution in [-0.2, 0) is 22.4 Å². The Labute approximate surface area is 149 Å². The Kier molecular flexibility index (Phi) is 5.42. The summed E-state index contributed by atoms with van der Waals surface area (Å²) in [5.41, 5.74) is 2.82. The highest BCUT2D eigenvalue weighted by molar-refractivity contribution is 5.83. The quantitative estimate of drug-likeness (QED) is 0.854. The first-order valence-corrected chi connectivity index (χ1v) is 9.24. The summed E-state index contributed by atoms with van der Waals surface area (Å²) in [6.45, 7) is 4.04. The number of amides is 2. The van der Waals surface area contributed by atoms with E-state index in [1.165, 1.54) is 11.1 Å². The normalized spacial score (nSPS) is 19.5. The third-order valence-corrected chi connectivity index (χ3v) is 5.45. The largest absolute Gasteiger partial charge is 0.393 e. The van der Waals surface area contributed by atoms with Gasteiger partial charge in [0, 0.05) is 32.5 Å². The Morgan fingerprint density at radius 2 is 1.76 bits per heavy atom. The van der Waals surface area contributed by atoms with Crippen LogP contribution in [0.15, 0.2) is 24.3 Å². The van der Waals surface area contributed by atoms with Crippen LogP contribution in [0.4, 0.5) is 0 Å².